The van der Waals surface area contributed by atoms with Crippen LogP contribution in [-0.4, -0.2) is 22.2 Å². The third-order valence-corrected chi connectivity index (χ3v) is 2.28. The van der Waals surface area contributed by atoms with E-state index in [2.05, 4.69) is 10.1 Å². The van der Waals surface area contributed by atoms with Crippen LogP contribution in [0.15, 0.2) is 22.7 Å². The summed E-state index contributed by atoms with van der Waals surface area (Å²) in [6.45, 7) is 0.116. The first-order valence-electron chi connectivity index (χ1n) is 5.01. The highest BCUT2D eigenvalue weighted by Gasteiger charge is 2.18. The fourth-order valence-electron chi connectivity index (χ4n) is 1.43. The van der Waals surface area contributed by atoms with Gasteiger partial charge in [0.2, 0.25) is 11.7 Å². The van der Waals surface area contributed by atoms with E-state index in [4.69, 9.17) is 15.0 Å². The van der Waals surface area contributed by atoms with E-state index < -0.39 is 4.92 Å². The molecule has 0 spiro atoms. The van der Waals surface area contributed by atoms with Crippen molar-refractivity contribution in [2.24, 2.45) is 5.73 Å². The van der Waals surface area contributed by atoms with Gasteiger partial charge < -0.3 is 15.0 Å². The molecule has 0 aliphatic carbocycles. The van der Waals surface area contributed by atoms with E-state index in [1.165, 1.54) is 19.2 Å². The average Bonchev–Trinajstić information content (AvgIpc) is 2.86. The van der Waals surface area contributed by atoms with Crippen molar-refractivity contribution in [1.29, 1.82) is 0 Å². The van der Waals surface area contributed by atoms with Crippen LogP contribution in [0.4, 0.5) is 5.69 Å². The van der Waals surface area contributed by atoms with Crippen LogP contribution in [-0.2, 0) is 6.54 Å². The summed E-state index contributed by atoms with van der Waals surface area (Å²) in [7, 11) is 1.36. The van der Waals surface area contributed by atoms with Crippen LogP contribution >= 0.6 is 0 Å². The molecule has 0 bridgehead atoms. The number of methoxy groups -OCH3 is 1. The number of nitro benzene ring substituents is 1. The molecule has 2 rings (SSSR count). The van der Waals surface area contributed by atoms with E-state index in [0.29, 0.717) is 5.56 Å². The van der Waals surface area contributed by atoms with Gasteiger partial charge in [-0.05, 0) is 12.1 Å². The number of rotatable bonds is 4. The molecule has 8 nitrogen and oxygen atoms in total. The minimum absolute atomic E-state index is 0.116. The minimum Gasteiger partial charge on any atom is -0.490 e. The predicted molar refractivity (Wildman–Crippen MR) is 60.8 cm³/mol. The van der Waals surface area contributed by atoms with E-state index in [-0.39, 0.29) is 29.7 Å². The van der Waals surface area contributed by atoms with Crippen molar-refractivity contribution in [3.63, 3.8) is 0 Å². The van der Waals surface area contributed by atoms with Crippen LogP contribution in [0.3, 0.4) is 0 Å². The van der Waals surface area contributed by atoms with E-state index in [1.807, 2.05) is 0 Å². The second kappa shape index (κ2) is 4.80. The maximum absolute atomic E-state index is 10.9. The van der Waals surface area contributed by atoms with Gasteiger partial charge in [-0.1, -0.05) is 5.16 Å². The lowest BCUT2D eigenvalue weighted by molar-refractivity contribution is -0.385. The molecule has 94 valence electrons. The van der Waals surface area contributed by atoms with Crippen LogP contribution in [0.25, 0.3) is 11.4 Å². The van der Waals surface area contributed by atoms with Crippen LogP contribution < -0.4 is 10.5 Å². The molecule has 18 heavy (non-hydrogen) atoms. The summed E-state index contributed by atoms with van der Waals surface area (Å²) in [6, 6.07) is 4.41. The summed E-state index contributed by atoms with van der Waals surface area (Å²) in [5.74, 6) is 0.691. The summed E-state index contributed by atoms with van der Waals surface area (Å²) in [6.07, 6.45) is 0. The fourth-order valence-corrected chi connectivity index (χ4v) is 1.43. The fraction of sp³-hybridized carbons (Fsp3) is 0.200. The van der Waals surface area contributed by atoms with E-state index in [1.54, 1.807) is 6.07 Å². The standard InChI is InChI=1S/C10H10N4O4/c1-17-8-3-2-6(4-7(8)14(15)16)10-12-9(5-11)18-13-10/h2-4H,5,11H2,1H3. The monoisotopic (exact) mass is 250 g/mol. The number of aromatic nitrogens is 2. The molecule has 0 radical (unpaired) electrons. The van der Waals surface area contributed by atoms with E-state index in [0.717, 1.165) is 0 Å². The first kappa shape index (κ1) is 12.0. The number of benzene rings is 1. The Morgan fingerprint density at radius 3 is 2.89 bits per heavy atom. The van der Waals surface area contributed by atoms with Gasteiger partial charge in [0.1, 0.15) is 0 Å². The second-order valence-electron chi connectivity index (χ2n) is 3.36. The summed E-state index contributed by atoms with van der Waals surface area (Å²) >= 11 is 0. The molecular weight excluding hydrogens is 240 g/mol. The molecule has 0 fully saturated rings. The summed E-state index contributed by atoms with van der Waals surface area (Å²) in [4.78, 5) is 14.3. The Bertz CT molecular complexity index is 581. The first-order valence-corrected chi connectivity index (χ1v) is 5.01. The highest BCUT2D eigenvalue weighted by Crippen LogP contribution is 2.30. The third-order valence-electron chi connectivity index (χ3n) is 2.28. The largest absolute Gasteiger partial charge is 0.490 e. The molecule has 8 heteroatoms. The first-order chi connectivity index (χ1) is 8.65. The van der Waals surface area contributed by atoms with Crippen molar-refractivity contribution in [2.75, 3.05) is 7.11 Å². The van der Waals surface area contributed by atoms with E-state index >= 15 is 0 Å². The lowest BCUT2D eigenvalue weighted by atomic mass is 10.2. The molecular formula is C10H10N4O4. The molecule has 1 aromatic heterocycles. The van der Waals surface area contributed by atoms with E-state index in [9.17, 15) is 10.1 Å². The Morgan fingerprint density at radius 1 is 1.56 bits per heavy atom. The quantitative estimate of drug-likeness (QED) is 0.637. The Kier molecular flexibility index (Phi) is 3.20. The molecule has 1 aromatic carbocycles. The van der Waals surface area contributed by atoms with Gasteiger partial charge in [0.25, 0.3) is 0 Å². The Balaban J connectivity index is 2.46. The smallest absolute Gasteiger partial charge is 0.311 e. The third kappa shape index (κ3) is 2.13. The molecule has 0 saturated carbocycles. The number of hydrogen-bond donors (Lipinski definition) is 1. The molecule has 0 saturated heterocycles. The molecule has 1 heterocycles. The van der Waals surface area contributed by atoms with Crippen molar-refractivity contribution in [3.8, 4) is 17.1 Å². The second-order valence-corrected chi connectivity index (χ2v) is 3.36. The van der Waals surface area contributed by atoms with Crippen molar-refractivity contribution in [3.05, 3.63) is 34.2 Å². The van der Waals surface area contributed by atoms with Gasteiger partial charge >= 0.3 is 5.69 Å². The zero-order chi connectivity index (χ0) is 13.1. The molecule has 0 aliphatic heterocycles. The molecule has 2 N–H and O–H groups in total. The van der Waals surface area contributed by atoms with Crippen LogP contribution in [0.2, 0.25) is 0 Å². The van der Waals surface area contributed by atoms with Gasteiger partial charge in [-0.2, -0.15) is 4.98 Å². The Morgan fingerprint density at radius 2 is 2.33 bits per heavy atom. The van der Waals surface area contributed by atoms with Gasteiger partial charge in [0.15, 0.2) is 5.75 Å². The van der Waals surface area contributed by atoms with Gasteiger partial charge in [-0.25, -0.2) is 0 Å². The van der Waals surface area contributed by atoms with Crippen LogP contribution in [0.1, 0.15) is 5.89 Å². The SMILES string of the molecule is COc1ccc(-c2noc(CN)n2)cc1[N+](=O)[O-]. The highest BCUT2D eigenvalue weighted by atomic mass is 16.6. The number of nitrogens with zero attached hydrogens (tertiary/aromatic N) is 3. The summed E-state index contributed by atoms with van der Waals surface area (Å²) < 4.78 is 9.74. The zero-order valence-electron chi connectivity index (χ0n) is 9.49. The maximum atomic E-state index is 10.9. The lowest BCUT2D eigenvalue weighted by Crippen LogP contribution is -1.96. The maximum Gasteiger partial charge on any atom is 0.311 e. The lowest BCUT2D eigenvalue weighted by Gasteiger charge is -2.02. The van der Waals surface area contributed by atoms with Crippen molar-refractivity contribution in [2.45, 2.75) is 6.54 Å². The predicted octanol–water partition coefficient (Wildman–Crippen LogP) is 1.11. The van der Waals surface area contributed by atoms with Crippen molar-refractivity contribution >= 4 is 5.69 Å². The molecule has 0 unspecified atom stereocenters. The number of ether oxygens (including phenoxy) is 1. The van der Waals surface area contributed by atoms with Gasteiger partial charge in [-0.15, -0.1) is 0 Å². The average molecular weight is 250 g/mol. The molecule has 0 aliphatic rings. The van der Waals surface area contributed by atoms with Crippen molar-refractivity contribution < 1.29 is 14.2 Å². The summed E-state index contributed by atoms with van der Waals surface area (Å²) in [5, 5.41) is 14.6. The molecule has 2 aromatic rings. The minimum atomic E-state index is -0.535. The summed E-state index contributed by atoms with van der Waals surface area (Å²) in [5.41, 5.74) is 5.65. The van der Waals surface area contributed by atoms with Gasteiger partial charge in [0.05, 0.1) is 18.6 Å². The number of hydrogen-bond acceptors (Lipinski definition) is 7. The number of nitrogens with two attached hydrogens (primary N) is 1. The highest BCUT2D eigenvalue weighted by molar-refractivity contribution is 5.63. The van der Waals surface area contributed by atoms with Gasteiger partial charge in [0, 0.05) is 11.6 Å². The van der Waals surface area contributed by atoms with Crippen molar-refractivity contribution in [1.82, 2.24) is 10.1 Å². The molecule has 0 amide bonds. The van der Waals surface area contributed by atoms with Gasteiger partial charge in [-0.3, -0.25) is 10.1 Å². The zero-order valence-corrected chi connectivity index (χ0v) is 9.49. The topological polar surface area (TPSA) is 117 Å². The van der Waals surface area contributed by atoms with Crippen LogP contribution in [0.5, 0.6) is 5.75 Å². The number of nitro groups is 1. The Hall–Kier alpha value is -2.48. The normalized spacial score (nSPS) is 10.3. The van der Waals surface area contributed by atoms with Crippen LogP contribution in [0, 0.1) is 10.1 Å². The molecule has 0 atom stereocenters. The Labute approximate surface area is 102 Å².